The molecule has 0 aliphatic heterocycles. The second-order valence-corrected chi connectivity index (χ2v) is 7.27. The number of ether oxygens (including phenoxy) is 2. The number of aryl methyl sites for hydroxylation is 2. The molecule has 1 N–H and O–H groups in total. The van der Waals surface area contributed by atoms with Crippen LogP contribution >= 0.6 is 11.6 Å². The van der Waals surface area contributed by atoms with Crippen molar-refractivity contribution in [3.63, 3.8) is 0 Å². The standard InChI is InChI=1S/C24H23ClN2O3/c1-16-4-7-18(8-5-16)15-30-22-11-9-19(13-23(22)29-3)14-26-27-24(28)20-10-6-17(2)12-21(20)25/h4-14H,15H2,1-3H3,(H,27,28)/b26-14-. The van der Waals surface area contributed by atoms with Crippen LogP contribution < -0.4 is 14.9 Å². The zero-order chi connectivity index (χ0) is 21.5. The number of amides is 1. The molecule has 0 atom stereocenters. The lowest BCUT2D eigenvalue weighted by Crippen LogP contribution is -2.18. The van der Waals surface area contributed by atoms with Gasteiger partial charge in [-0.3, -0.25) is 4.79 Å². The van der Waals surface area contributed by atoms with E-state index in [1.807, 2.05) is 56.3 Å². The van der Waals surface area contributed by atoms with Crippen LogP contribution in [0.2, 0.25) is 5.02 Å². The molecule has 3 aromatic carbocycles. The highest BCUT2D eigenvalue weighted by Gasteiger charge is 2.09. The van der Waals surface area contributed by atoms with E-state index in [1.165, 1.54) is 11.8 Å². The molecule has 0 spiro atoms. The van der Waals surface area contributed by atoms with Crippen molar-refractivity contribution in [2.24, 2.45) is 5.10 Å². The molecular weight excluding hydrogens is 400 g/mol. The Morgan fingerprint density at radius 3 is 2.43 bits per heavy atom. The van der Waals surface area contributed by atoms with Gasteiger partial charge < -0.3 is 9.47 Å². The van der Waals surface area contributed by atoms with E-state index in [4.69, 9.17) is 21.1 Å². The van der Waals surface area contributed by atoms with Crippen LogP contribution in [0.25, 0.3) is 0 Å². The Morgan fingerprint density at radius 1 is 1.00 bits per heavy atom. The minimum Gasteiger partial charge on any atom is -0.493 e. The number of halogens is 1. The molecule has 0 heterocycles. The van der Waals surface area contributed by atoms with Crippen LogP contribution in [-0.2, 0) is 6.61 Å². The molecule has 5 nitrogen and oxygen atoms in total. The minimum atomic E-state index is -0.374. The Morgan fingerprint density at radius 2 is 1.73 bits per heavy atom. The first-order chi connectivity index (χ1) is 14.5. The summed E-state index contributed by atoms with van der Waals surface area (Å²) in [6, 6.07) is 18.8. The van der Waals surface area contributed by atoms with Crippen molar-refractivity contribution in [2.45, 2.75) is 20.5 Å². The van der Waals surface area contributed by atoms with Crippen molar-refractivity contribution in [1.29, 1.82) is 0 Å². The topological polar surface area (TPSA) is 59.9 Å². The lowest BCUT2D eigenvalue weighted by molar-refractivity contribution is 0.0955. The van der Waals surface area contributed by atoms with Crippen molar-refractivity contribution in [2.75, 3.05) is 7.11 Å². The number of benzene rings is 3. The zero-order valence-corrected chi connectivity index (χ0v) is 17.9. The van der Waals surface area contributed by atoms with Gasteiger partial charge in [-0.25, -0.2) is 5.43 Å². The Bertz CT molecular complexity index is 1060. The van der Waals surface area contributed by atoms with Crippen molar-refractivity contribution >= 4 is 23.7 Å². The van der Waals surface area contributed by atoms with Gasteiger partial charge in [0.05, 0.1) is 23.9 Å². The van der Waals surface area contributed by atoms with Crippen LogP contribution in [0.15, 0.2) is 65.8 Å². The van der Waals surface area contributed by atoms with Gasteiger partial charge in [0.1, 0.15) is 6.61 Å². The Balaban J connectivity index is 1.63. The number of carbonyl (C=O) groups is 1. The van der Waals surface area contributed by atoms with E-state index in [-0.39, 0.29) is 5.91 Å². The van der Waals surface area contributed by atoms with Gasteiger partial charge in [0, 0.05) is 0 Å². The molecule has 0 unspecified atom stereocenters. The van der Waals surface area contributed by atoms with Crippen LogP contribution in [-0.4, -0.2) is 19.2 Å². The summed E-state index contributed by atoms with van der Waals surface area (Å²) in [5, 5.41) is 4.40. The fraction of sp³-hybridized carbons (Fsp3) is 0.167. The molecule has 0 bridgehead atoms. The molecule has 0 aliphatic rings. The predicted octanol–water partition coefficient (Wildman–Crippen LogP) is 5.31. The maximum absolute atomic E-state index is 12.2. The monoisotopic (exact) mass is 422 g/mol. The summed E-state index contributed by atoms with van der Waals surface area (Å²) in [6.45, 7) is 4.40. The van der Waals surface area contributed by atoms with Gasteiger partial charge >= 0.3 is 0 Å². The summed E-state index contributed by atoms with van der Waals surface area (Å²) < 4.78 is 11.3. The highest BCUT2D eigenvalue weighted by atomic mass is 35.5. The average molecular weight is 423 g/mol. The first kappa shape index (κ1) is 21.4. The van der Waals surface area contributed by atoms with Crippen LogP contribution in [0.5, 0.6) is 11.5 Å². The Labute approximate surface area is 181 Å². The van der Waals surface area contributed by atoms with E-state index in [9.17, 15) is 4.79 Å². The molecule has 0 saturated heterocycles. The van der Waals surface area contributed by atoms with Crippen molar-refractivity contribution < 1.29 is 14.3 Å². The van der Waals surface area contributed by atoms with Crippen LogP contribution in [0, 0.1) is 13.8 Å². The summed E-state index contributed by atoms with van der Waals surface area (Å²) >= 11 is 6.12. The molecule has 6 heteroatoms. The highest BCUT2D eigenvalue weighted by molar-refractivity contribution is 6.33. The fourth-order valence-electron chi connectivity index (χ4n) is 2.76. The first-order valence-corrected chi connectivity index (χ1v) is 9.80. The van der Waals surface area contributed by atoms with E-state index in [0.29, 0.717) is 28.7 Å². The normalized spacial score (nSPS) is 10.8. The molecule has 154 valence electrons. The van der Waals surface area contributed by atoms with Crippen LogP contribution in [0.4, 0.5) is 0 Å². The van der Waals surface area contributed by atoms with Gasteiger partial charge in [-0.2, -0.15) is 5.10 Å². The third kappa shape index (κ3) is 5.61. The molecule has 0 fully saturated rings. The minimum absolute atomic E-state index is 0.372. The first-order valence-electron chi connectivity index (χ1n) is 9.42. The fourth-order valence-corrected chi connectivity index (χ4v) is 3.08. The van der Waals surface area contributed by atoms with Crippen LogP contribution in [0.1, 0.15) is 32.6 Å². The largest absolute Gasteiger partial charge is 0.493 e. The summed E-state index contributed by atoms with van der Waals surface area (Å²) in [7, 11) is 1.58. The lowest BCUT2D eigenvalue weighted by atomic mass is 10.1. The van der Waals surface area contributed by atoms with Gasteiger partial charge in [-0.15, -0.1) is 0 Å². The molecule has 3 aromatic rings. The second-order valence-electron chi connectivity index (χ2n) is 6.87. The third-order valence-corrected chi connectivity index (χ3v) is 4.76. The predicted molar refractivity (Wildman–Crippen MR) is 120 cm³/mol. The number of nitrogens with zero attached hydrogens (tertiary/aromatic N) is 1. The van der Waals surface area contributed by atoms with Gasteiger partial charge in [-0.05, 0) is 60.9 Å². The third-order valence-electron chi connectivity index (χ3n) is 4.45. The van der Waals surface area contributed by atoms with Crippen molar-refractivity contribution in [1.82, 2.24) is 5.43 Å². The number of hydrogen-bond acceptors (Lipinski definition) is 4. The number of nitrogens with one attached hydrogen (secondary N) is 1. The lowest BCUT2D eigenvalue weighted by Gasteiger charge is -2.11. The Kier molecular flexibility index (Phi) is 7.09. The van der Waals surface area contributed by atoms with Crippen LogP contribution in [0.3, 0.4) is 0 Å². The van der Waals surface area contributed by atoms with Gasteiger partial charge in [0.15, 0.2) is 11.5 Å². The number of hydrazone groups is 1. The molecular formula is C24H23ClN2O3. The van der Waals surface area contributed by atoms with Gasteiger partial charge in [-0.1, -0.05) is 47.5 Å². The molecule has 0 aliphatic carbocycles. The highest BCUT2D eigenvalue weighted by Crippen LogP contribution is 2.28. The van der Waals surface area contributed by atoms with E-state index in [1.54, 1.807) is 25.3 Å². The summed E-state index contributed by atoms with van der Waals surface area (Å²) in [5.74, 6) is 0.839. The summed E-state index contributed by atoms with van der Waals surface area (Å²) in [6.07, 6.45) is 1.53. The molecule has 0 aromatic heterocycles. The molecule has 0 radical (unpaired) electrons. The number of carbonyl (C=O) groups excluding carboxylic acids is 1. The maximum atomic E-state index is 12.2. The number of methoxy groups -OCH3 is 1. The summed E-state index contributed by atoms with van der Waals surface area (Å²) in [5.41, 5.74) is 6.87. The molecule has 30 heavy (non-hydrogen) atoms. The van der Waals surface area contributed by atoms with E-state index >= 15 is 0 Å². The van der Waals surface area contributed by atoms with Crippen molar-refractivity contribution in [3.05, 3.63) is 93.5 Å². The second kappa shape index (κ2) is 9.94. The number of hydrogen-bond donors (Lipinski definition) is 1. The van der Waals surface area contributed by atoms with Gasteiger partial charge in [0.25, 0.3) is 5.91 Å². The molecule has 0 saturated carbocycles. The quantitative estimate of drug-likeness (QED) is 0.414. The summed E-state index contributed by atoms with van der Waals surface area (Å²) in [4.78, 5) is 12.2. The van der Waals surface area contributed by atoms with Crippen molar-refractivity contribution in [3.8, 4) is 11.5 Å². The molecule has 3 rings (SSSR count). The number of rotatable bonds is 7. The zero-order valence-electron chi connectivity index (χ0n) is 17.1. The maximum Gasteiger partial charge on any atom is 0.272 e. The smallest absolute Gasteiger partial charge is 0.272 e. The molecule has 1 amide bonds. The Hall–Kier alpha value is -3.31. The van der Waals surface area contributed by atoms with E-state index in [0.717, 1.165) is 16.7 Å². The average Bonchev–Trinajstić information content (AvgIpc) is 2.73. The van der Waals surface area contributed by atoms with E-state index in [2.05, 4.69) is 10.5 Å². The van der Waals surface area contributed by atoms with Gasteiger partial charge in [0.2, 0.25) is 0 Å². The SMILES string of the molecule is COc1cc(/C=N\NC(=O)c2ccc(C)cc2Cl)ccc1OCc1ccc(C)cc1. The van der Waals surface area contributed by atoms with E-state index < -0.39 is 0 Å².